The van der Waals surface area contributed by atoms with E-state index >= 15 is 0 Å². The highest BCUT2D eigenvalue weighted by Crippen LogP contribution is 2.19. The first-order valence-electron chi connectivity index (χ1n) is 10.3. The summed E-state index contributed by atoms with van der Waals surface area (Å²) in [6.45, 7) is 6.83. The number of benzene rings is 2. The van der Waals surface area contributed by atoms with Crippen LogP contribution in [-0.2, 0) is 22.6 Å². The summed E-state index contributed by atoms with van der Waals surface area (Å²) < 4.78 is 0. The summed E-state index contributed by atoms with van der Waals surface area (Å²) in [5.74, 6) is -0.183. The number of carbonyl (C=O) groups excluding carboxylic acids is 2. The number of rotatable bonds is 10. The molecule has 4 nitrogen and oxygen atoms in total. The summed E-state index contributed by atoms with van der Waals surface area (Å²) in [6.07, 6.45) is 2.92. The average molecular weight is 415 g/mol. The molecule has 2 aromatic carbocycles. The second-order valence-electron chi connectivity index (χ2n) is 7.42. The van der Waals surface area contributed by atoms with Crippen molar-refractivity contribution in [2.45, 2.75) is 59.0 Å². The van der Waals surface area contributed by atoms with Crippen LogP contribution in [0.25, 0.3) is 0 Å². The van der Waals surface area contributed by atoms with Gasteiger partial charge in [-0.2, -0.15) is 0 Å². The van der Waals surface area contributed by atoms with Crippen molar-refractivity contribution < 1.29 is 9.59 Å². The molecule has 1 unspecified atom stereocenters. The third-order valence-electron chi connectivity index (χ3n) is 5.04. The normalized spacial score (nSPS) is 11.7. The maximum absolute atomic E-state index is 13.1. The van der Waals surface area contributed by atoms with Gasteiger partial charge in [0, 0.05) is 24.5 Å². The molecule has 2 rings (SSSR count). The van der Waals surface area contributed by atoms with Gasteiger partial charge in [0.1, 0.15) is 6.04 Å². The Morgan fingerprint density at radius 2 is 1.79 bits per heavy atom. The number of carbonyl (C=O) groups is 2. The zero-order valence-electron chi connectivity index (χ0n) is 17.6. The van der Waals surface area contributed by atoms with Gasteiger partial charge in [-0.1, -0.05) is 73.0 Å². The Labute approximate surface area is 179 Å². The fourth-order valence-corrected chi connectivity index (χ4v) is 3.27. The minimum Gasteiger partial charge on any atom is -0.354 e. The first-order valence-corrected chi connectivity index (χ1v) is 10.7. The Bertz CT molecular complexity index is 805. The third-order valence-corrected chi connectivity index (χ3v) is 5.41. The lowest BCUT2D eigenvalue weighted by Crippen LogP contribution is -2.47. The lowest BCUT2D eigenvalue weighted by molar-refractivity contribution is -0.140. The Morgan fingerprint density at radius 3 is 2.45 bits per heavy atom. The number of hydrogen-bond acceptors (Lipinski definition) is 2. The predicted molar refractivity (Wildman–Crippen MR) is 119 cm³/mol. The van der Waals surface area contributed by atoms with Crippen LogP contribution in [0.5, 0.6) is 0 Å². The van der Waals surface area contributed by atoms with E-state index in [9.17, 15) is 9.59 Å². The van der Waals surface area contributed by atoms with E-state index in [0.717, 1.165) is 24.0 Å². The smallest absolute Gasteiger partial charge is 0.242 e. The first-order chi connectivity index (χ1) is 13.9. The second-order valence-corrected chi connectivity index (χ2v) is 7.83. The van der Waals surface area contributed by atoms with Crippen molar-refractivity contribution in [1.29, 1.82) is 0 Å². The van der Waals surface area contributed by atoms with Crippen molar-refractivity contribution in [3.8, 4) is 0 Å². The molecule has 2 aromatic rings. The molecular weight excluding hydrogens is 384 g/mol. The molecule has 0 saturated heterocycles. The molecular formula is C24H31ClN2O2. The van der Waals surface area contributed by atoms with Crippen LogP contribution in [0.15, 0.2) is 48.5 Å². The molecule has 0 aliphatic heterocycles. The molecule has 0 radical (unpaired) electrons. The van der Waals surface area contributed by atoms with Crippen molar-refractivity contribution in [2.75, 3.05) is 6.54 Å². The Hall–Kier alpha value is -2.33. The Kier molecular flexibility index (Phi) is 9.20. The molecule has 0 aromatic heterocycles. The summed E-state index contributed by atoms with van der Waals surface area (Å²) in [4.78, 5) is 27.3. The molecule has 0 spiro atoms. The SMILES string of the molecule is CCCCNC(=O)C(C)N(Cc1ccccc1Cl)C(=O)CCc1ccc(C)cc1. The summed E-state index contributed by atoms with van der Waals surface area (Å²) >= 11 is 6.31. The molecule has 0 aliphatic rings. The standard InChI is InChI=1S/C24H31ClN2O2/c1-4-5-16-26-24(29)19(3)27(17-21-8-6-7-9-22(21)25)23(28)15-14-20-12-10-18(2)11-13-20/h6-13,19H,4-5,14-17H2,1-3H3,(H,26,29). The van der Waals surface area contributed by atoms with E-state index in [4.69, 9.17) is 11.6 Å². The minimum absolute atomic E-state index is 0.0522. The predicted octanol–water partition coefficient (Wildman–Crippen LogP) is 4.91. The first kappa shape index (κ1) is 23.0. The van der Waals surface area contributed by atoms with E-state index in [2.05, 4.69) is 12.2 Å². The quantitative estimate of drug-likeness (QED) is 0.561. The number of nitrogens with one attached hydrogen (secondary N) is 1. The van der Waals surface area contributed by atoms with Gasteiger partial charge in [-0.3, -0.25) is 9.59 Å². The van der Waals surface area contributed by atoms with Crippen molar-refractivity contribution >= 4 is 23.4 Å². The van der Waals surface area contributed by atoms with E-state index in [0.29, 0.717) is 31.0 Å². The van der Waals surface area contributed by atoms with Crippen LogP contribution in [0.3, 0.4) is 0 Å². The molecule has 29 heavy (non-hydrogen) atoms. The van der Waals surface area contributed by atoms with Crippen molar-refractivity contribution in [1.82, 2.24) is 10.2 Å². The molecule has 1 N–H and O–H groups in total. The van der Waals surface area contributed by atoms with Gasteiger partial charge >= 0.3 is 0 Å². The highest BCUT2D eigenvalue weighted by atomic mass is 35.5. The topological polar surface area (TPSA) is 49.4 Å². The van der Waals surface area contributed by atoms with Gasteiger partial charge in [0.2, 0.25) is 11.8 Å². The summed E-state index contributed by atoms with van der Waals surface area (Å²) in [6, 6.07) is 15.1. The van der Waals surface area contributed by atoms with Crippen LogP contribution in [-0.4, -0.2) is 29.3 Å². The minimum atomic E-state index is -0.561. The maximum atomic E-state index is 13.1. The number of nitrogens with zero attached hydrogens (tertiary/aromatic N) is 1. The van der Waals surface area contributed by atoms with E-state index < -0.39 is 6.04 Å². The van der Waals surface area contributed by atoms with E-state index in [1.807, 2.05) is 49.4 Å². The molecule has 0 heterocycles. The molecule has 2 amide bonds. The van der Waals surface area contributed by atoms with Gasteiger partial charge in [-0.15, -0.1) is 0 Å². The van der Waals surface area contributed by atoms with Gasteiger partial charge < -0.3 is 10.2 Å². The van der Waals surface area contributed by atoms with Gasteiger partial charge in [-0.25, -0.2) is 0 Å². The molecule has 0 saturated carbocycles. The average Bonchev–Trinajstić information content (AvgIpc) is 2.72. The van der Waals surface area contributed by atoms with E-state index in [-0.39, 0.29) is 11.8 Å². The van der Waals surface area contributed by atoms with Gasteiger partial charge in [0.15, 0.2) is 0 Å². The van der Waals surface area contributed by atoms with Gasteiger partial charge in [-0.05, 0) is 43.9 Å². The molecule has 0 bridgehead atoms. The van der Waals surface area contributed by atoms with E-state index in [1.54, 1.807) is 17.9 Å². The number of unbranched alkanes of at least 4 members (excludes halogenated alkanes) is 1. The highest BCUT2D eigenvalue weighted by Gasteiger charge is 2.26. The van der Waals surface area contributed by atoms with E-state index in [1.165, 1.54) is 5.56 Å². The van der Waals surface area contributed by atoms with Crippen LogP contribution >= 0.6 is 11.6 Å². The lowest BCUT2D eigenvalue weighted by atomic mass is 10.1. The summed E-state index contributed by atoms with van der Waals surface area (Å²) in [5, 5.41) is 3.53. The lowest BCUT2D eigenvalue weighted by Gasteiger charge is -2.29. The fourth-order valence-electron chi connectivity index (χ4n) is 3.08. The van der Waals surface area contributed by atoms with Crippen LogP contribution in [0.4, 0.5) is 0 Å². The zero-order chi connectivity index (χ0) is 21.2. The zero-order valence-corrected chi connectivity index (χ0v) is 18.3. The highest BCUT2D eigenvalue weighted by molar-refractivity contribution is 6.31. The maximum Gasteiger partial charge on any atom is 0.242 e. The third kappa shape index (κ3) is 7.21. The molecule has 156 valence electrons. The summed E-state index contributed by atoms with van der Waals surface area (Å²) in [7, 11) is 0. The number of aryl methyl sites for hydroxylation is 2. The van der Waals surface area contributed by atoms with Crippen LogP contribution in [0.2, 0.25) is 5.02 Å². The van der Waals surface area contributed by atoms with Gasteiger partial charge in [0.05, 0.1) is 0 Å². The fraction of sp³-hybridized carbons (Fsp3) is 0.417. The van der Waals surface area contributed by atoms with Crippen LogP contribution < -0.4 is 5.32 Å². The number of hydrogen-bond donors (Lipinski definition) is 1. The molecule has 5 heteroatoms. The Balaban J connectivity index is 2.11. The van der Waals surface area contributed by atoms with Crippen LogP contribution in [0.1, 0.15) is 49.8 Å². The molecule has 0 fully saturated rings. The molecule has 0 aliphatic carbocycles. The second kappa shape index (κ2) is 11.6. The number of amides is 2. The summed E-state index contributed by atoms with van der Waals surface area (Å²) in [5.41, 5.74) is 3.14. The van der Waals surface area contributed by atoms with Crippen molar-refractivity contribution in [3.05, 3.63) is 70.2 Å². The Morgan fingerprint density at radius 1 is 1.10 bits per heavy atom. The van der Waals surface area contributed by atoms with Gasteiger partial charge in [0.25, 0.3) is 0 Å². The van der Waals surface area contributed by atoms with Crippen molar-refractivity contribution in [3.63, 3.8) is 0 Å². The number of halogens is 1. The van der Waals surface area contributed by atoms with Crippen molar-refractivity contribution in [2.24, 2.45) is 0 Å². The largest absolute Gasteiger partial charge is 0.354 e. The monoisotopic (exact) mass is 414 g/mol. The molecule has 1 atom stereocenters. The van der Waals surface area contributed by atoms with Crippen LogP contribution in [0, 0.1) is 6.92 Å².